The molecule has 2 heterocycles. The number of nitrogens with one attached hydrogen (secondary N) is 2. The zero-order chi connectivity index (χ0) is 21.8. The van der Waals surface area contributed by atoms with Gasteiger partial charge in [0, 0.05) is 18.4 Å². The lowest BCUT2D eigenvalue weighted by Gasteiger charge is -2.33. The summed E-state index contributed by atoms with van der Waals surface area (Å²) in [5.41, 5.74) is 3.12. The first-order valence-electron chi connectivity index (χ1n) is 10.6. The minimum Gasteiger partial charge on any atom is -0.497 e. The van der Waals surface area contributed by atoms with Crippen molar-refractivity contribution in [2.75, 3.05) is 45.9 Å². The van der Waals surface area contributed by atoms with Crippen LogP contribution in [0, 0.1) is 0 Å². The molecule has 164 valence electrons. The van der Waals surface area contributed by atoms with Gasteiger partial charge in [0.2, 0.25) is 5.91 Å². The molecule has 1 amide bonds. The lowest BCUT2D eigenvalue weighted by Crippen LogP contribution is -2.61. The van der Waals surface area contributed by atoms with Crippen LogP contribution >= 0.6 is 0 Å². The Morgan fingerprint density at radius 2 is 1.77 bits per heavy atom. The molecule has 31 heavy (non-hydrogen) atoms. The zero-order valence-corrected chi connectivity index (χ0v) is 18.3. The fourth-order valence-corrected chi connectivity index (χ4v) is 4.05. The topological polar surface area (TPSA) is 66.1 Å². The standard InChI is InChI=1S/C24H30N4O3/c1-27(2)13-4-14-31-20-9-5-17(6-10-20)21-15-28(18-7-11-19(30-3)12-8-18)23-22(21)25-16-26-24(23)29/h5-12,15,22-23,25H,4,13-14,16H2,1-3H3,(H,26,29). The average molecular weight is 423 g/mol. The van der Waals surface area contributed by atoms with E-state index in [9.17, 15) is 4.79 Å². The SMILES string of the molecule is COc1ccc(N2C=C(c3ccc(OCCCN(C)C)cc3)C3NCNC(=O)C32)cc1. The van der Waals surface area contributed by atoms with Crippen LogP contribution in [0.2, 0.25) is 0 Å². The van der Waals surface area contributed by atoms with Gasteiger partial charge in [0.05, 0.1) is 26.4 Å². The van der Waals surface area contributed by atoms with Gasteiger partial charge in [-0.25, -0.2) is 0 Å². The monoisotopic (exact) mass is 422 g/mol. The Bertz CT molecular complexity index is 925. The molecule has 2 unspecified atom stereocenters. The van der Waals surface area contributed by atoms with Crippen molar-refractivity contribution in [3.8, 4) is 11.5 Å². The first kappa shape index (κ1) is 21.2. The number of amides is 1. The molecule has 2 aromatic carbocycles. The lowest BCUT2D eigenvalue weighted by atomic mass is 9.95. The van der Waals surface area contributed by atoms with Crippen LogP contribution in [0.15, 0.2) is 54.7 Å². The van der Waals surface area contributed by atoms with Crippen molar-refractivity contribution >= 4 is 17.2 Å². The summed E-state index contributed by atoms with van der Waals surface area (Å²) >= 11 is 0. The van der Waals surface area contributed by atoms with E-state index >= 15 is 0 Å². The molecule has 0 saturated carbocycles. The number of carbonyl (C=O) groups excluding carboxylic acids is 1. The predicted octanol–water partition coefficient (Wildman–Crippen LogP) is 2.30. The van der Waals surface area contributed by atoms with Crippen LogP contribution in [0.3, 0.4) is 0 Å². The van der Waals surface area contributed by atoms with Crippen LogP contribution in [0.25, 0.3) is 5.57 Å². The van der Waals surface area contributed by atoms with Gasteiger partial charge >= 0.3 is 0 Å². The van der Waals surface area contributed by atoms with Crippen LogP contribution in [0.5, 0.6) is 11.5 Å². The highest BCUT2D eigenvalue weighted by atomic mass is 16.5. The fraction of sp³-hybridized carbons (Fsp3) is 0.375. The van der Waals surface area contributed by atoms with E-state index in [2.05, 4.69) is 48.0 Å². The Balaban J connectivity index is 1.54. The number of nitrogens with zero attached hydrogens (tertiary/aromatic N) is 2. The van der Waals surface area contributed by atoms with E-state index in [4.69, 9.17) is 9.47 Å². The minimum atomic E-state index is -0.334. The number of rotatable bonds is 8. The van der Waals surface area contributed by atoms with E-state index in [0.29, 0.717) is 13.3 Å². The van der Waals surface area contributed by atoms with Crippen LogP contribution in [0.1, 0.15) is 12.0 Å². The number of carbonyl (C=O) groups is 1. The van der Waals surface area contributed by atoms with Crippen LogP contribution < -0.4 is 25.0 Å². The van der Waals surface area contributed by atoms with Crippen molar-refractivity contribution < 1.29 is 14.3 Å². The van der Waals surface area contributed by atoms with Crippen molar-refractivity contribution in [3.05, 3.63) is 60.3 Å². The number of hydrogen-bond acceptors (Lipinski definition) is 6. The summed E-state index contributed by atoms with van der Waals surface area (Å²) < 4.78 is 11.1. The van der Waals surface area contributed by atoms with Gasteiger partial charge in [-0.3, -0.25) is 10.1 Å². The van der Waals surface area contributed by atoms with Crippen LogP contribution in [-0.4, -0.2) is 63.9 Å². The molecule has 2 atom stereocenters. The largest absolute Gasteiger partial charge is 0.497 e. The molecule has 0 radical (unpaired) electrons. The molecule has 7 nitrogen and oxygen atoms in total. The molecule has 2 aliphatic heterocycles. The predicted molar refractivity (Wildman–Crippen MR) is 122 cm³/mol. The number of anilines is 1. The van der Waals surface area contributed by atoms with Crippen LogP contribution in [0.4, 0.5) is 5.69 Å². The Morgan fingerprint density at radius 3 is 2.45 bits per heavy atom. The van der Waals surface area contributed by atoms with E-state index in [1.54, 1.807) is 7.11 Å². The molecule has 2 aromatic rings. The minimum absolute atomic E-state index is 0.0201. The van der Waals surface area contributed by atoms with E-state index in [1.807, 2.05) is 41.3 Å². The molecular weight excluding hydrogens is 392 g/mol. The smallest absolute Gasteiger partial charge is 0.246 e. The second-order valence-electron chi connectivity index (χ2n) is 8.06. The Hall–Kier alpha value is -3.03. The highest BCUT2D eigenvalue weighted by molar-refractivity contribution is 5.95. The quantitative estimate of drug-likeness (QED) is 0.637. The number of benzene rings is 2. The molecule has 2 N–H and O–H groups in total. The maximum Gasteiger partial charge on any atom is 0.246 e. The molecule has 0 spiro atoms. The van der Waals surface area contributed by atoms with Gasteiger partial charge in [-0.1, -0.05) is 12.1 Å². The molecule has 1 fully saturated rings. The van der Waals surface area contributed by atoms with Crippen molar-refractivity contribution in [1.82, 2.24) is 15.5 Å². The van der Waals surface area contributed by atoms with Gasteiger partial charge in [0.25, 0.3) is 0 Å². The first-order chi connectivity index (χ1) is 15.1. The van der Waals surface area contributed by atoms with E-state index in [1.165, 1.54) is 0 Å². The van der Waals surface area contributed by atoms with Crippen molar-refractivity contribution in [2.45, 2.75) is 18.5 Å². The summed E-state index contributed by atoms with van der Waals surface area (Å²) in [6, 6.07) is 15.5. The molecular formula is C24H30N4O3. The van der Waals surface area contributed by atoms with Gasteiger partial charge in [-0.05, 0) is 68.1 Å². The molecule has 7 heteroatoms. The third kappa shape index (κ3) is 4.68. The fourth-order valence-electron chi connectivity index (χ4n) is 4.05. The normalized spacial score (nSPS) is 20.3. The number of ether oxygens (including phenoxy) is 2. The summed E-state index contributed by atoms with van der Waals surface area (Å²) in [5, 5.41) is 6.37. The van der Waals surface area contributed by atoms with Gasteiger partial charge in [-0.2, -0.15) is 0 Å². The zero-order valence-electron chi connectivity index (χ0n) is 18.3. The summed E-state index contributed by atoms with van der Waals surface area (Å²) in [6.07, 6.45) is 3.06. The lowest BCUT2D eigenvalue weighted by molar-refractivity contribution is -0.123. The van der Waals surface area contributed by atoms with Crippen molar-refractivity contribution in [1.29, 1.82) is 0 Å². The van der Waals surface area contributed by atoms with Crippen molar-refractivity contribution in [2.24, 2.45) is 0 Å². The summed E-state index contributed by atoms with van der Waals surface area (Å²) in [6.45, 7) is 2.15. The molecule has 4 rings (SSSR count). The third-order valence-electron chi connectivity index (χ3n) is 5.66. The molecule has 0 bridgehead atoms. The highest BCUT2D eigenvalue weighted by Crippen LogP contribution is 2.36. The molecule has 0 aliphatic carbocycles. The Labute approximate surface area is 183 Å². The molecule has 1 saturated heterocycles. The Morgan fingerprint density at radius 1 is 1.06 bits per heavy atom. The van der Waals surface area contributed by atoms with Gasteiger partial charge < -0.3 is 24.6 Å². The van der Waals surface area contributed by atoms with E-state index in [-0.39, 0.29) is 18.0 Å². The van der Waals surface area contributed by atoms with E-state index in [0.717, 1.165) is 41.3 Å². The number of hydrogen-bond donors (Lipinski definition) is 2. The number of fused-ring (bicyclic) bond motifs is 1. The highest BCUT2D eigenvalue weighted by Gasteiger charge is 2.43. The molecule has 2 aliphatic rings. The molecule has 0 aromatic heterocycles. The summed E-state index contributed by atoms with van der Waals surface area (Å²) in [5.74, 6) is 1.67. The van der Waals surface area contributed by atoms with Crippen LogP contribution in [-0.2, 0) is 4.79 Å². The maximum absolute atomic E-state index is 12.7. The first-order valence-corrected chi connectivity index (χ1v) is 10.6. The summed E-state index contributed by atoms with van der Waals surface area (Å²) in [7, 11) is 5.77. The van der Waals surface area contributed by atoms with Gasteiger partial charge in [-0.15, -0.1) is 0 Å². The van der Waals surface area contributed by atoms with Gasteiger partial charge in [0.1, 0.15) is 17.5 Å². The average Bonchev–Trinajstić information content (AvgIpc) is 3.18. The van der Waals surface area contributed by atoms with Crippen molar-refractivity contribution in [3.63, 3.8) is 0 Å². The second kappa shape index (κ2) is 9.41. The third-order valence-corrected chi connectivity index (χ3v) is 5.66. The summed E-state index contributed by atoms with van der Waals surface area (Å²) in [4.78, 5) is 16.9. The Kier molecular flexibility index (Phi) is 6.44. The number of methoxy groups -OCH3 is 1. The second-order valence-corrected chi connectivity index (χ2v) is 8.06. The van der Waals surface area contributed by atoms with Gasteiger partial charge in [0.15, 0.2) is 0 Å². The van der Waals surface area contributed by atoms with E-state index < -0.39 is 0 Å². The maximum atomic E-state index is 12.7.